The molecule has 1 fully saturated rings. The van der Waals surface area contributed by atoms with Crippen molar-refractivity contribution in [3.63, 3.8) is 0 Å². The Kier molecular flexibility index (Phi) is 2.53. The molecule has 0 saturated heterocycles. The van der Waals surface area contributed by atoms with Crippen LogP contribution >= 0.6 is 0 Å². The molecule has 0 heterocycles. The largest absolute Gasteiger partial charge is 0.0914 e. The van der Waals surface area contributed by atoms with Crippen LogP contribution < -0.4 is 0 Å². The van der Waals surface area contributed by atoms with Crippen molar-refractivity contribution in [2.24, 2.45) is 17.8 Å². The lowest BCUT2D eigenvalue weighted by molar-refractivity contribution is 0.501. The van der Waals surface area contributed by atoms with Crippen LogP contribution in [0, 0.1) is 17.8 Å². The first-order valence-electron chi connectivity index (χ1n) is 4.37. The molecule has 0 radical (unpaired) electrons. The highest BCUT2D eigenvalue weighted by Gasteiger charge is 2.25. The van der Waals surface area contributed by atoms with Crippen molar-refractivity contribution in [2.45, 2.75) is 33.6 Å². The second kappa shape index (κ2) is 3.23. The fourth-order valence-corrected chi connectivity index (χ4v) is 2.12. The third-order valence-electron chi connectivity index (χ3n) is 2.62. The Balaban J connectivity index is 2.46. The van der Waals surface area contributed by atoms with Crippen LogP contribution in [-0.2, 0) is 0 Å². The van der Waals surface area contributed by atoms with Crippen molar-refractivity contribution in [3.8, 4) is 0 Å². The van der Waals surface area contributed by atoms with E-state index in [9.17, 15) is 0 Å². The van der Waals surface area contributed by atoms with Crippen LogP contribution in [0.4, 0.5) is 0 Å². The van der Waals surface area contributed by atoms with Crippen molar-refractivity contribution in [1.82, 2.24) is 0 Å². The van der Waals surface area contributed by atoms with Gasteiger partial charge in [-0.2, -0.15) is 0 Å². The quantitative estimate of drug-likeness (QED) is 0.488. The highest BCUT2D eigenvalue weighted by molar-refractivity contribution is 4.93. The molecule has 10 heavy (non-hydrogen) atoms. The van der Waals surface area contributed by atoms with Crippen molar-refractivity contribution in [1.29, 1.82) is 0 Å². The fourth-order valence-electron chi connectivity index (χ4n) is 2.12. The van der Waals surface area contributed by atoms with Gasteiger partial charge in [-0.15, -0.1) is 0 Å². The molecule has 1 aliphatic carbocycles. The fraction of sp³-hybridized carbons (Fsp3) is 0.800. The Morgan fingerprint density at radius 2 is 1.90 bits per heavy atom. The maximum atomic E-state index is 2.37. The molecule has 0 aromatic carbocycles. The summed E-state index contributed by atoms with van der Waals surface area (Å²) in [5.41, 5.74) is 0. The first-order valence-corrected chi connectivity index (χ1v) is 4.37. The number of allylic oxidation sites excluding steroid dienone is 2. The summed E-state index contributed by atoms with van der Waals surface area (Å²) in [4.78, 5) is 0. The molecule has 0 spiro atoms. The van der Waals surface area contributed by atoms with Gasteiger partial charge >= 0.3 is 0 Å². The monoisotopic (exact) mass is 138 g/mol. The molecule has 0 heteroatoms. The van der Waals surface area contributed by atoms with E-state index in [4.69, 9.17) is 0 Å². The SMILES string of the molecule is C/C=C\C1CC(C)CC1C. The highest BCUT2D eigenvalue weighted by atomic mass is 14.3. The average Bonchev–Trinajstić information content (AvgIpc) is 2.13. The van der Waals surface area contributed by atoms with Crippen molar-refractivity contribution in [3.05, 3.63) is 12.2 Å². The van der Waals surface area contributed by atoms with Crippen LogP contribution in [0.2, 0.25) is 0 Å². The lowest BCUT2D eigenvalue weighted by Crippen LogP contribution is -1.98. The number of hydrogen-bond donors (Lipinski definition) is 0. The van der Waals surface area contributed by atoms with Gasteiger partial charge in [-0.3, -0.25) is 0 Å². The van der Waals surface area contributed by atoms with Crippen LogP contribution in [0.3, 0.4) is 0 Å². The lowest BCUT2D eigenvalue weighted by atomic mass is 9.98. The Hall–Kier alpha value is -0.260. The summed E-state index contributed by atoms with van der Waals surface area (Å²) in [5, 5.41) is 0. The van der Waals surface area contributed by atoms with Gasteiger partial charge in [0.25, 0.3) is 0 Å². The molecule has 3 unspecified atom stereocenters. The summed E-state index contributed by atoms with van der Waals surface area (Å²) in [6.07, 6.45) is 7.40. The summed E-state index contributed by atoms with van der Waals surface area (Å²) < 4.78 is 0. The molecular formula is C10H18. The van der Waals surface area contributed by atoms with Gasteiger partial charge < -0.3 is 0 Å². The molecule has 0 aromatic heterocycles. The summed E-state index contributed by atoms with van der Waals surface area (Å²) in [6.45, 7) is 6.85. The molecule has 58 valence electrons. The zero-order chi connectivity index (χ0) is 7.56. The number of hydrogen-bond acceptors (Lipinski definition) is 0. The third-order valence-corrected chi connectivity index (χ3v) is 2.62. The summed E-state index contributed by atoms with van der Waals surface area (Å²) in [5.74, 6) is 2.75. The minimum atomic E-state index is 0.875. The topological polar surface area (TPSA) is 0 Å². The van der Waals surface area contributed by atoms with Crippen LogP contribution in [0.15, 0.2) is 12.2 Å². The summed E-state index contributed by atoms with van der Waals surface area (Å²) in [6, 6.07) is 0. The predicted octanol–water partition coefficient (Wildman–Crippen LogP) is 3.24. The molecule has 1 rings (SSSR count). The van der Waals surface area contributed by atoms with E-state index in [2.05, 4.69) is 32.9 Å². The second-order valence-electron chi connectivity index (χ2n) is 3.74. The molecule has 0 nitrogen and oxygen atoms in total. The van der Waals surface area contributed by atoms with E-state index in [-0.39, 0.29) is 0 Å². The molecule has 3 atom stereocenters. The first kappa shape index (κ1) is 7.84. The van der Waals surface area contributed by atoms with Gasteiger partial charge in [-0.05, 0) is 37.5 Å². The molecule has 1 saturated carbocycles. The average molecular weight is 138 g/mol. The smallest absolute Gasteiger partial charge is 0.0205 e. The Labute approximate surface area is 64.3 Å². The van der Waals surface area contributed by atoms with E-state index in [1.807, 2.05) is 0 Å². The van der Waals surface area contributed by atoms with Crippen molar-refractivity contribution in [2.75, 3.05) is 0 Å². The zero-order valence-electron chi connectivity index (χ0n) is 7.30. The Morgan fingerprint density at radius 1 is 1.20 bits per heavy atom. The minimum Gasteiger partial charge on any atom is -0.0914 e. The van der Waals surface area contributed by atoms with E-state index in [0.717, 1.165) is 17.8 Å². The highest BCUT2D eigenvalue weighted by Crippen LogP contribution is 2.36. The van der Waals surface area contributed by atoms with Crippen LogP contribution in [-0.4, -0.2) is 0 Å². The Morgan fingerprint density at radius 3 is 2.30 bits per heavy atom. The van der Waals surface area contributed by atoms with Gasteiger partial charge in [0.05, 0.1) is 0 Å². The molecule has 0 aromatic rings. The maximum Gasteiger partial charge on any atom is -0.0205 e. The standard InChI is InChI=1S/C10H18/c1-4-5-10-7-8(2)6-9(10)3/h4-5,8-10H,6-7H2,1-3H3/b5-4-. The molecule has 1 aliphatic rings. The van der Waals surface area contributed by atoms with Crippen molar-refractivity contribution >= 4 is 0 Å². The molecule has 0 aliphatic heterocycles. The van der Waals surface area contributed by atoms with Gasteiger partial charge in [-0.1, -0.05) is 26.0 Å². The molecule has 0 bridgehead atoms. The summed E-state index contributed by atoms with van der Waals surface area (Å²) in [7, 11) is 0. The first-order chi connectivity index (χ1) is 4.74. The van der Waals surface area contributed by atoms with Gasteiger partial charge in [0.1, 0.15) is 0 Å². The van der Waals surface area contributed by atoms with E-state index >= 15 is 0 Å². The lowest BCUT2D eigenvalue weighted by Gasteiger charge is -2.07. The van der Waals surface area contributed by atoms with Gasteiger partial charge in [0, 0.05) is 0 Å². The molecular weight excluding hydrogens is 120 g/mol. The van der Waals surface area contributed by atoms with Crippen molar-refractivity contribution < 1.29 is 0 Å². The van der Waals surface area contributed by atoms with Crippen LogP contribution in [0.1, 0.15) is 33.6 Å². The molecule has 0 amide bonds. The maximum absolute atomic E-state index is 2.37. The predicted molar refractivity (Wildman–Crippen MR) is 45.9 cm³/mol. The zero-order valence-corrected chi connectivity index (χ0v) is 7.30. The van der Waals surface area contributed by atoms with E-state index in [1.165, 1.54) is 12.8 Å². The van der Waals surface area contributed by atoms with E-state index < -0.39 is 0 Å². The minimum absolute atomic E-state index is 0.875. The second-order valence-corrected chi connectivity index (χ2v) is 3.74. The van der Waals surface area contributed by atoms with Crippen LogP contribution in [0.25, 0.3) is 0 Å². The van der Waals surface area contributed by atoms with E-state index in [0.29, 0.717) is 0 Å². The van der Waals surface area contributed by atoms with Gasteiger partial charge in [-0.25, -0.2) is 0 Å². The normalized spacial score (nSPS) is 41.3. The van der Waals surface area contributed by atoms with Gasteiger partial charge in [0.15, 0.2) is 0 Å². The summed E-state index contributed by atoms with van der Waals surface area (Å²) >= 11 is 0. The van der Waals surface area contributed by atoms with Crippen LogP contribution in [0.5, 0.6) is 0 Å². The number of rotatable bonds is 1. The van der Waals surface area contributed by atoms with E-state index in [1.54, 1.807) is 0 Å². The van der Waals surface area contributed by atoms with Gasteiger partial charge in [0.2, 0.25) is 0 Å². The molecule has 0 N–H and O–H groups in total. The third kappa shape index (κ3) is 1.62. The Bertz CT molecular complexity index is 124.